The first-order valence-electron chi connectivity index (χ1n) is 8.37. The molecule has 1 aromatic carbocycles. The lowest BCUT2D eigenvalue weighted by molar-refractivity contribution is -0.137. The van der Waals surface area contributed by atoms with Crippen LogP contribution >= 0.6 is 0 Å². The monoisotopic (exact) mass is 302 g/mol. The number of carbonyl (C=O) groups is 1. The van der Waals surface area contributed by atoms with Crippen molar-refractivity contribution >= 4 is 5.91 Å². The lowest BCUT2D eigenvalue weighted by Crippen LogP contribution is -2.47. The molecule has 0 aromatic heterocycles. The van der Waals surface area contributed by atoms with Gasteiger partial charge in [-0.15, -0.1) is 0 Å². The van der Waals surface area contributed by atoms with Gasteiger partial charge in [0, 0.05) is 25.7 Å². The van der Waals surface area contributed by atoms with E-state index in [9.17, 15) is 4.79 Å². The highest BCUT2D eigenvalue weighted by molar-refractivity contribution is 5.78. The van der Waals surface area contributed by atoms with E-state index in [1.165, 1.54) is 18.4 Å². The van der Waals surface area contributed by atoms with E-state index in [1.54, 1.807) is 0 Å². The fourth-order valence-corrected chi connectivity index (χ4v) is 3.13. The second-order valence-electron chi connectivity index (χ2n) is 6.46. The SMILES string of the molecule is CC(C1CC1)N(CC(=O)N1CCOCC1)Cc1ccccc1. The Morgan fingerprint density at radius 1 is 1.27 bits per heavy atom. The summed E-state index contributed by atoms with van der Waals surface area (Å²) in [5, 5.41) is 0. The van der Waals surface area contributed by atoms with Crippen LogP contribution in [0.4, 0.5) is 0 Å². The summed E-state index contributed by atoms with van der Waals surface area (Å²) in [5.74, 6) is 1.01. The second-order valence-corrected chi connectivity index (χ2v) is 6.46. The Morgan fingerprint density at radius 2 is 1.95 bits per heavy atom. The Kier molecular flexibility index (Phi) is 5.11. The fraction of sp³-hybridized carbons (Fsp3) is 0.611. The maximum Gasteiger partial charge on any atom is 0.236 e. The molecule has 1 aliphatic heterocycles. The van der Waals surface area contributed by atoms with E-state index in [0.717, 1.165) is 25.6 Å². The summed E-state index contributed by atoms with van der Waals surface area (Å²) < 4.78 is 5.34. The van der Waals surface area contributed by atoms with Crippen molar-refractivity contribution in [3.8, 4) is 0 Å². The number of hydrogen-bond donors (Lipinski definition) is 0. The fourth-order valence-electron chi connectivity index (χ4n) is 3.13. The summed E-state index contributed by atoms with van der Waals surface area (Å²) in [6.45, 7) is 6.45. The normalized spacial score (nSPS) is 20.2. The summed E-state index contributed by atoms with van der Waals surface area (Å²) in [7, 11) is 0. The highest BCUT2D eigenvalue weighted by Gasteiger charge is 2.33. The highest BCUT2D eigenvalue weighted by Crippen LogP contribution is 2.35. The zero-order chi connectivity index (χ0) is 15.4. The van der Waals surface area contributed by atoms with Crippen molar-refractivity contribution in [2.75, 3.05) is 32.8 Å². The van der Waals surface area contributed by atoms with E-state index in [-0.39, 0.29) is 5.91 Å². The molecule has 1 aliphatic carbocycles. The molecular formula is C18H26N2O2. The van der Waals surface area contributed by atoms with E-state index in [4.69, 9.17) is 4.74 Å². The van der Waals surface area contributed by atoms with Gasteiger partial charge in [-0.2, -0.15) is 0 Å². The number of nitrogens with zero attached hydrogens (tertiary/aromatic N) is 2. The largest absolute Gasteiger partial charge is 0.378 e. The van der Waals surface area contributed by atoms with Gasteiger partial charge in [0.05, 0.1) is 19.8 Å². The van der Waals surface area contributed by atoms with Crippen molar-refractivity contribution in [3.63, 3.8) is 0 Å². The number of benzene rings is 1. The van der Waals surface area contributed by atoms with Crippen molar-refractivity contribution in [3.05, 3.63) is 35.9 Å². The van der Waals surface area contributed by atoms with Crippen LogP contribution in [0.2, 0.25) is 0 Å². The Hall–Kier alpha value is -1.39. The topological polar surface area (TPSA) is 32.8 Å². The lowest BCUT2D eigenvalue weighted by Gasteiger charge is -2.33. The molecular weight excluding hydrogens is 276 g/mol. The molecule has 4 nitrogen and oxygen atoms in total. The van der Waals surface area contributed by atoms with Crippen LogP contribution < -0.4 is 0 Å². The van der Waals surface area contributed by atoms with Crippen LogP contribution in [-0.4, -0.2) is 54.6 Å². The van der Waals surface area contributed by atoms with E-state index < -0.39 is 0 Å². The second kappa shape index (κ2) is 7.25. The van der Waals surface area contributed by atoms with Crippen LogP contribution in [0.5, 0.6) is 0 Å². The Labute approximate surface area is 133 Å². The van der Waals surface area contributed by atoms with Crippen LogP contribution in [0.25, 0.3) is 0 Å². The minimum Gasteiger partial charge on any atom is -0.378 e. The van der Waals surface area contributed by atoms with Crippen molar-refractivity contribution in [2.45, 2.75) is 32.4 Å². The number of ether oxygens (including phenoxy) is 1. The molecule has 2 aliphatic rings. The first-order chi connectivity index (χ1) is 10.7. The van der Waals surface area contributed by atoms with Crippen molar-refractivity contribution in [2.24, 2.45) is 5.92 Å². The van der Waals surface area contributed by atoms with Crippen LogP contribution in [0.15, 0.2) is 30.3 Å². The predicted octanol–water partition coefficient (Wildman–Crippen LogP) is 2.15. The summed E-state index contributed by atoms with van der Waals surface area (Å²) in [4.78, 5) is 16.9. The number of carbonyl (C=O) groups excluding carboxylic acids is 1. The standard InChI is InChI=1S/C18H26N2O2/c1-15(17-7-8-17)20(13-16-5-3-2-4-6-16)14-18(21)19-9-11-22-12-10-19/h2-6,15,17H,7-14H2,1H3. The van der Waals surface area contributed by atoms with Gasteiger partial charge in [-0.1, -0.05) is 30.3 Å². The molecule has 0 bridgehead atoms. The van der Waals surface area contributed by atoms with Gasteiger partial charge >= 0.3 is 0 Å². The molecule has 2 fully saturated rings. The molecule has 1 unspecified atom stereocenters. The molecule has 0 radical (unpaired) electrons. The van der Waals surface area contributed by atoms with Crippen molar-refractivity contribution in [1.82, 2.24) is 9.80 Å². The van der Waals surface area contributed by atoms with E-state index in [0.29, 0.717) is 25.8 Å². The molecule has 1 saturated heterocycles. The zero-order valence-electron chi connectivity index (χ0n) is 13.4. The zero-order valence-corrected chi connectivity index (χ0v) is 13.4. The molecule has 1 amide bonds. The van der Waals surface area contributed by atoms with Gasteiger partial charge in [0.2, 0.25) is 5.91 Å². The van der Waals surface area contributed by atoms with Crippen molar-refractivity contribution in [1.29, 1.82) is 0 Å². The van der Waals surface area contributed by atoms with Crippen LogP contribution in [0.1, 0.15) is 25.3 Å². The van der Waals surface area contributed by atoms with Crippen LogP contribution in [-0.2, 0) is 16.1 Å². The van der Waals surface area contributed by atoms with E-state index in [1.807, 2.05) is 11.0 Å². The first-order valence-corrected chi connectivity index (χ1v) is 8.37. The van der Waals surface area contributed by atoms with E-state index in [2.05, 4.69) is 36.1 Å². The van der Waals surface area contributed by atoms with Crippen LogP contribution in [0.3, 0.4) is 0 Å². The van der Waals surface area contributed by atoms with Crippen molar-refractivity contribution < 1.29 is 9.53 Å². The third kappa shape index (κ3) is 4.08. The molecule has 1 atom stereocenters. The van der Waals surface area contributed by atoms with Gasteiger partial charge in [-0.3, -0.25) is 9.69 Å². The van der Waals surface area contributed by atoms with Gasteiger partial charge in [-0.05, 0) is 31.2 Å². The Bertz CT molecular complexity index is 481. The average molecular weight is 302 g/mol. The molecule has 1 aromatic rings. The Balaban J connectivity index is 1.63. The molecule has 0 N–H and O–H groups in total. The molecule has 0 spiro atoms. The third-order valence-electron chi connectivity index (χ3n) is 4.81. The highest BCUT2D eigenvalue weighted by atomic mass is 16.5. The van der Waals surface area contributed by atoms with E-state index >= 15 is 0 Å². The molecule has 4 heteroatoms. The number of amides is 1. The number of morpholine rings is 1. The minimum absolute atomic E-state index is 0.242. The number of rotatable bonds is 6. The maximum atomic E-state index is 12.6. The summed E-state index contributed by atoms with van der Waals surface area (Å²) in [6.07, 6.45) is 2.61. The minimum atomic E-state index is 0.242. The molecule has 1 saturated carbocycles. The lowest BCUT2D eigenvalue weighted by atomic mass is 10.1. The van der Waals surface area contributed by atoms with Gasteiger partial charge in [0.25, 0.3) is 0 Å². The predicted molar refractivity (Wildman–Crippen MR) is 86.4 cm³/mol. The van der Waals surface area contributed by atoms with Gasteiger partial charge < -0.3 is 9.64 Å². The maximum absolute atomic E-state index is 12.6. The first kappa shape index (κ1) is 15.5. The smallest absolute Gasteiger partial charge is 0.236 e. The molecule has 3 rings (SSSR count). The molecule has 22 heavy (non-hydrogen) atoms. The quantitative estimate of drug-likeness (QED) is 0.807. The summed E-state index contributed by atoms with van der Waals surface area (Å²) >= 11 is 0. The summed E-state index contributed by atoms with van der Waals surface area (Å²) in [5.41, 5.74) is 1.28. The summed E-state index contributed by atoms with van der Waals surface area (Å²) in [6, 6.07) is 10.9. The molecule has 1 heterocycles. The van der Waals surface area contributed by atoms with Gasteiger partial charge in [0.1, 0.15) is 0 Å². The third-order valence-corrected chi connectivity index (χ3v) is 4.81. The number of hydrogen-bond acceptors (Lipinski definition) is 3. The molecule has 120 valence electrons. The van der Waals surface area contributed by atoms with Crippen LogP contribution in [0, 0.1) is 5.92 Å². The average Bonchev–Trinajstić information content (AvgIpc) is 3.40. The Morgan fingerprint density at radius 3 is 2.59 bits per heavy atom. The van der Waals surface area contributed by atoms with Gasteiger partial charge in [0.15, 0.2) is 0 Å². The van der Waals surface area contributed by atoms with Gasteiger partial charge in [-0.25, -0.2) is 0 Å².